The van der Waals surface area contributed by atoms with Crippen molar-refractivity contribution < 1.29 is 9.47 Å². The first-order valence-electron chi connectivity index (χ1n) is 7.63. The van der Waals surface area contributed by atoms with Gasteiger partial charge in [-0.1, -0.05) is 26.3 Å². The van der Waals surface area contributed by atoms with Crippen LogP contribution in [0.5, 0.6) is 11.5 Å². The molecule has 0 spiro atoms. The Morgan fingerprint density at radius 2 is 1.95 bits per heavy atom. The molecule has 0 aliphatic carbocycles. The van der Waals surface area contributed by atoms with Crippen molar-refractivity contribution >= 4 is 0 Å². The van der Waals surface area contributed by atoms with E-state index in [1.54, 1.807) is 0 Å². The molecule has 0 saturated carbocycles. The van der Waals surface area contributed by atoms with Crippen LogP contribution in [0.4, 0.5) is 0 Å². The molecule has 112 valence electrons. The number of fused-ring (bicyclic) bond motifs is 1. The molecule has 1 heterocycles. The van der Waals surface area contributed by atoms with Crippen LogP contribution in [0, 0.1) is 0 Å². The lowest BCUT2D eigenvalue weighted by Crippen LogP contribution is -2.34. The smallest absolute Gasteiger partial charge is 0.161 e. The van der Waals surface area contributed by atoms with Crippen molar-refractivity contribution in [2.24, 2.45) is 5.73 Å². The molecule has 0 radical (unpaired) electrons. The van der Waals surface area contributed by atoms with Gasteiger partial charge in [-0.05, 0) is 37.2 Å². The van der Waals surface area contributed by atoms with Gasteiger partial charge in [0.1, 0.15) is 13.2 Å². The number of unbranched alkanes of at least 4 members (excludes halogenated alkanes) is 1. The normalized spacial score (nSPS) is 15.4. The van der Waals surface area contributed by atoms with Crippen LogP contribution in [0.15, 0.2) is 18.2 Å². The molecule has 20 heavy (non-hydrogen) atoms. The monoisotopic (exact) mass is 278 g/mol. The minimum Gasteiger partial charge on any atom is -0.486 e. The second kappa shape index (κ2) is 7.50. The predicted octanol–water partition coefficient (Wildman–Crippen LogP) is 2.58. The SMILES string of the molecule is CCCCN(CC)C(CN)c1ccc2c(c1)OCCO2. The lowest BCUT2D eigenvalue weighted by Gasteiger charge is -2.31. The van der Waals surface area contributed by atoms with Crippen molar-refractivity contribution in [2.75, 3.05) is 32.8 Å². The summed E-state index contributed by atoms with van der Waals surface area (Å²) in [5.74, 6) is 1.69. The van der Waals surface area contributed by atoms with E-state index < -0.39 is 0 Å². The van der Waals surface area contributed by atoms with E-state index in [4.69, 9.17) is 15.2 Å². The van der Waals surface area contributed by atoms with Crippen LogP contribution in [-0.2, 0) is 0 Å². The largest absolute Gasteiger partial charge is 0.486 e. The Hall–Kier alpha value is -1.26. The molecule has 0 amide bonds. The van der Waals surface area contributed by atoms with Gasteiger partial charge in [0, 0.05) is 12.6 Å². The van der Waals surface area contributed by atoms with Gasteiger partial charge >= 0.3 is 0 Å². The predicted molar refractivity (Wildman–Crippen MR) is 81.4 cm³/mol. The van der Waals surface area contributed by atoms with Gasteiger partial charge in [-0.25, -0.2) is 0 Å². The molecule has 0 aromatic heterocycles. The van der Waals surface area contributed by atoms with Crippen molar-refractivity contribution in [2.45, 2.75) is 32.7 Å². The van der Waals surface area contributed by atoms with E-state index in [0.717, 1.165) is 24.6 Å². The second-order valence-electron chi connectivity index (χ2n) is 5.14. The third-order valence-electron chi connectivity index (χ3n) is 3.82. The first kappa shape index (κ1) is 15.1. The Labute approximate surface area is 121 Å². The van der Waals surface area contributed by atoms with Crippen molar-refractivity contribution in [1.82, 2.24) is 4.90 Å². The van der Waals surface area contributed by atoms with Crippen LogP contribution < -0.4 is 15.2 Å². The van der Waals surface area contributed by atoms with Crippen LogP contribution in [0.2, 0.25) is 0 Å². The quantitative estimate of drug-likeness (QED) is 0.833. The second-order valence-corrected chi connectivity index (χ2v) is 5.14. The van der Waals surface area contributed by atoms with Gasteiger partial charge in [-0.15, -0.1) is 0 Å². The van der Waals surface area contributed by atoms with E-state index in [9.17, 15) is 0 Å². The Kier molecular flexibility index (Phi) is 5.68. The molecular weight excluding hydrogens is 252 g/mol. The molecule has 1 aromatic rings. The zero-order chi connectivity index (χ0) is 14.4. The molecule has 1 aromatic carbocycles. The Morgan fingerprint density at radius 3 is 2.60 bits per heavy atom. The number of nitrogens with two attached hydrogens (primary N) is 1. The van der Waals surface area contributed by atoms with Gasteiger partial charge in [-0.3, -0.25) is 4.90 Å². The highest BCUT2D eigenvalue weighted by molar-refractivity contribution is 5.44. The maximum absolute atomic E-state index is 6.02. The lowest BCUT2D eigenvalue weighted by molar-refractivity contribution is 0.169. The fourth-order valence-corrected chi connectivity index (χ4v) is 2.66. The van der Waals surface area contributed by atoms with Crippen LogP contribution >= 0.6 is 0 Å². The van der Waals surface area contributed by atoms with E-state index in [-0.39, 0.29) is 6.04 Å². The minimum absolute atomic E-state index is 0.252. The summed E-state index contributed by atoms with van der Waals surface area (Å²) in [4.78, 5) is 2.44. The summed E-state index contributed by atoms with van der Waals surface area (Å²) < 4.78 is 11.2. The molecular formula is C16H26N2O2. The highest BCUT2D eigenvalue weighted by atomic mass is 16.6. The third-order valence-corrected chi connectivity index (χ3v) is 3.82. The van der Waals surface area contributed by atoms with E-state index in [1.807, 2.05) is 6.07 Å². The molecule has 1 aliphatic heterocycles. The van der Waals surface area contributed by atoms with Gasteiger partial charge in [0.25, 0.3) is 0 Å². The minimum atomic E-state index is 0.252. The number of nitrogens with zero attached hydrogens (tertiary/aromatic N) is 1. The van der Waals surface area contributed by atoms with Crippen molar-refractivity contribution in [3.8, 4) is 11.5 Å². The molecule has 2 rings (SSSR count). The van der Waals surface area contributed by atoms with Crippen LogP contribution in [0.3, 0.4) is 0 Å². The standard InChI is InChI=1S/C16H26N2O2/c1-3-5-8-18(4-2)14(12-17)13-6-7-15-16(11-13)20-10-9-19-15/h6-7,11,14H,3-5,8-10,12,17H2,1-2H3. The van der Waals surface area contributed by atoms with Crippen molar-refractivity contribution in [3.05, 3.63) is 23.8 Å². The number of benzene rings is 1. The lowest BCUT2D eigenvalue weighted by atomic mass is 10.0. The molecule has 0 bridgehead atoms. The summed E-state index contributed by atoms with van der Waals surface area (Å²) in [6, 6.07) is 6.45. The first-order valence-corrected chi connectivity index (χ1v) is 7.63. The Bertz CT molecular complexity index is 423. The van der Waals surface area contributed by atoms with Crippen LogP contribution in [0.25, 0.3) is 0 Å². The number of rotatable bonds is 7. The van der Waals surface area contributed by atoms with E-state index >= 15 is 0 Å². The molecule has 4 nitrogen and oxygen atoms in total. The summed E-state index contributed by atoms with van der Waals surface area (Å²) in [6.45, 7) is 8.38. The zero-order valence-corrected chi connectivity index (χ0v) is 12.6. The molecule has 1 unspecified atom stereocenters. The topological polar surface area (TPSA) is 47.7 Å². The Balaban J connectivity index is 2.17. The van der Waals surface area contributed by atoms with Gasteiger partial charge in [-0.2, -0.15) is 0 Å². The summed E-state index contributed by atoms with van der Waals surface area (Å²) in [7, 11) is 0. The van der Waals surface area contributed by atoms with E-state index in [0.29, 0.717) is 19.8 Å². The first-order chi connectivity index (χ1) is 9.80. The zero-order valence-electron chi connectivity index (χ0n) is 12.6. The maximum atomic E-state index is 6.02. The molecule has 2 N–H and O–H groups in total. The van der Waals surface area contributed by atoms with Crippen molar-refractivity contribution in [1.29, 1.82) is 0 Å². The Morgan fingerprint density at radius 1 is 1.20 bits per heavy atom. The van der Waals surface area contributed by atoms with Crippen LogP contribution in [0.1, 0.15) is 38.3 Å². The number of hydrogen-bond acceptors (Lipinski definition) is 4. The summed E-state index contributed by atoms with van der Waals surface area (Å²) >= 11 is 0. The summed E-state index contributed by atoms with van der Waals surface area (Å²) in [6.07, 6.45) is 2.41. The average molecular weight is 278 g/mol. The van der Waals surface area contributed by atoms with Gasteiger partial charge in [0.05, 0.1) is 0 Å². The van der Waals surface area contributed by atoms with E-state index in [2.05, 4.69) is 30.9 Å². The molecule has 1 atom stereocenters. The molecule has 0 fully saturated rings. The third kappa shape index (κ3) is 3.44. The fourth-order valence-electron chi connectivity index (χ4n) is 2.66. The highest BCUT2D eigenvalue weighted by Crippen LogP contribution is 2.33. The fraction of sp³-hybridized carbons (Fsp3) is 0.625. The van der Waals surface area contributed by atoms with Gasteiger partial charge in [0.2, 0.25) is 0 Å². The number of likely N-dealkylation sites (N-methyl/N-ethyl adjacent to an activating group) is 1. The highest BCUT2D eigenvalue weighted by Gasteiger charge is 2.20. The molecule has 4 heteroatoms. The summed E-state index contributed by atoms with van der Waals surface area (Å²) in [5, 5.41) is 0. The molecule has 1 aliphatic rings. The summed E-state index contributed by atoms with van der Waals surface area (Å²) in [5.41, 5.74) is 7.23. The number of ether oxygens (including phenoxy) is 2. The van der Waals surface area contributed by atoms with Gasteiger partial charge in [0.15, 0.2) is 11.5 Å². The maximum Gasteiger partial charge on any atom is 0.161 e. The van der Waals surface area contributed by atoms with Crippen LogP contribution in [-0.4, -0.2) is 37.7 Å². The van der Waals surface area contributed by atoms with E-state index in [1.165, 1.54) is 18.4 Å². The van der Waals surface area contributed by atoms with Crippen molar-refractivity contribution in [3.63, 3.8) is 0 Å². The number of hydrogen-bond donors (Lipinski definition) is 1. The molecule has 0 saturated heterocycles. The average Bonchev–Trinajstić information content (AvgIpc) is 2.51. The van der Waals surface area contributed by atoms with Gasteiger partial charge < -0.3 is 15.2 Å².